The Morgan fingerprint density at radius 2 is 1.02 bits per heavy atom. The molecule has 15 heteroatoms. The molecule has 0 unspecified atom stereocenters. The van der Waals surface area contributed by atoms with Crippen LogP contribution in [0.5, 0.6) is 0 Å². The lowest BCUT2D eigenvalue weighted by Crippen LogP contribution is -2.62. The minimum atomic E-state index is -1.47. The average molecular weight is 798 g/mol. The molecular weight excluding hydrogens is 743 g/mol. The van der Waals surface area contributed by atoms with Gasteiger partial charge in [-0.2, -0.15) is 0 Å². The Morgan fingerprint density at radius 1 is 0.552 bits per heavy atom. The number of anilines is 1. The van der Waals surface area contributed by atoms with E-state index >= 15 is 0 Å². The highest BCUT2D eigenvalue weighted by Crippen LogP contribution is 2.16. The van der Waals surface area contributed by atoms with Crippen molar-refractivity contribution >= 4 is 47.0 Å². The molecule has 2 aliphatic rings. The highest BCUT2D eigenvalue weighted by molar-refractivity contribution is 6.01. The van der Waals surface area contributed by atoms with Crippen molar-refractivity contribution in [1.82, 2.24) is 31.9 Å². The Balaban J connectivity index is 1.72. The summed E-state index contributed by atoms with van der Waals surface area (Å²) >= 11 is 0. The number of hydrogen-bond donors (Lipinski definition) is 8. The Kier molecular flexibility index (Phi) is 16.5. The maximum atomic E-state index is 14.1. The Morgan fingerprint density at radius 3 is 1.50 bits per heavy atom. The second kappa shape index (κ2) is 21.4. The van der Waals surface area contributed by atoms with Crippen LogP contribution in [0.15, 0.2) is 84.9 Å². The number of hydrogen-bond acceptors (Lipinski definition) is 8. The molecule has 0 spiro atoms. The Hall–Kier alpha value is -6.09. The first-order valence-corrected chi connectivity index (χ1v) is 19.7. The van der Waals surface area contributed by atoms with Gasteiger partial charge in [0.2, 0.25) is 35.4 Å². The summed E-state index contributed by atoms with van der Waals surface area (Å²) in [5.74, 6) is -5.61. The van der Waals surface area contributed by atoms with E-state index in [4.69, 9.17) is 0 Å². The lowest BCUT2D eigenvalue weighted by atomic mass is 9.94. The van der Waals surface area contributed by atoms with Crippen LogP contribution in [-0.4, -0.2) is 89.3 Å². The normalized spacial score (nSPS) is 23.3. The van der Waals surface area contributed by atoms with Gasteiger partial charge in [0, 0.05) is 24.1 Å². The number of aliphatic hydroxyl groups excluding tert-OH is 1. The van der Waals surface area contributed by atoms with Crippen molar-refractivity contribution in [1.29, 1.82) is 0 Å². The van der Waals surface area contributed by atoms with Crippen molar-refractivity contribution in [3.05, 3.63) is 102 Å². The van der Waals surface area contributed by atoms with Crippen LogP contribution in [0, 0.1) is 11.8 Å². The third-order valence-corrected chi connectivity index (χ3v) is 10.3. The summed E-state index contributed by atoms with van der Waals surface area (Å²) in [5, 5.41) is 29.4. The fourth-order valence-electron chi connectivity index (χ4n) is 6.37. The number of rotatable bonds is 9. The first-order chi connectivity index (χ1) is 27.7. The van der Waals surface area contributed by atoms with E-state index in [1.165, 1.54) is 31.2 Å². The molecule has 3 aromatic rings. The molecule has 15 nitrogen and oxygen atoms in total. The van der Waals surface area contributed by atoms with Crippen LogP contribution in [-0.2, 0) is 41.6 Å². The number of nitrogens with one attached hydrogen (secondary N) is 7. The molecule has 0 aromatic heterocycles. The zero-order valence-corrected chi connectivity index (χ0v) is 33.5. The van der Waals surface area contributed by atoms with Crippen LogP contribution in [0.3, 0.4) is 0 Å². The first kappa shape index (κ1) is 44.6. The second-order valence-electron chi connectivity index (χ2n) is 14.8. The van der Waals surface area contributed by atoms with Gasteiger partial charge >= 0.3 is 0 Å². The molecule has 8 N–H and O–H groups in total. The van der Waals surface area contributed by atoms with Gasteiger partial charge in [0.05, 0.1) is 12.6 Å². The molecule has 8 atom stereocenters. The summed E-state index contributed by atoms with van der Waals surface area (Å²) in [5.41, 5.74) is 1.89. The molecule has 0 radical (unpaired) electrons. The lowest BCUT2D eigenvalue weighted by Gasteiger charge is -2.31. The van der Waals surface area contributed by atoms with Crippen LogP contribution in [0.4, 0.5) is 5.69 Å². The summed E-state index contributed by atoms with van der Waals surface area (Å²) < 4.78 is 0. The summed E-state index contributed by atoms with van der Waals surface area (Å²) in [6.45, 7) is 7.98. The summed E-state index contributed by atoms with van der Waals surface area (Å²) in [4.78, 5) is 95.9. The smallest absolute Gasteiger partial charge is 0.252 e. The molecule has 2 heterocycles. The SMILES string of the molecule is CC[C@H](C)[C@@H]1NC(=O)[C@H]([C@@H](C)O)NC(=O)c2ccc(cc2)NC(=O)[C@H](Cc2ccccc2)NC(=O)CNC(=O)[C@H](Cc2ccccc2)NC(=O)[C@H]([C@@H](C)CC)NC1=O. The molecule has 3 aromatic carbocycles. The summed E-state index contributed by atoms with van der Waals surface area (Å²) in [6.07, 6.45) is -0.291. The van der Waals surface area contributed by atoms with Crippen LogP contribution in [0.25, 0.3) is 0 Å². The van der Waals surface area contributed by atoms with Gasteiger partial charge in [0.15, 0.2) is 0 Å². The molecule has 0 aliphatic carbocycles. The number of amides is 7. The number of fused-ring (bicyclic) bond motifs is 21. The van der Waals surface area contributed by atoms with Gasteiger partial charge in [0.25, 0.3) is 5.91 Å². The predicted octanol–water partition coefficient (Wildman–Crippen LogP) is 1.75. The molecule has 0 fully saturated rings. The highest BCUT2D eigenvalue weighted by Gasteiger charge is 2.36. The summed E-state index contributed by atoms with van der Waals surface area (Å²) in [6, 6.07) is 17.7. The number of carbonyl (C=O) groups is 7. The van der Waals surface area contributed by atoms with Crippen molar-refractivity contribution in [3.63, 3.8) is 0 Å². The van der Waals surface area contributed by atoms with Gasteiger partial charge in [0.1, 0.15) is 30.2 Å². The van der Waals surface area contributed by atoms with Crippen LogP contribution in [0.2, 0.25) is 0 Å². The standard InChI is InChI=1S/C43H55N7O8/c1-6-25(3)35-41(56)47-32(22-28-14-10-8-11-15-28)39(54)44-24-34(52)46-33(23-29-16-12-9-13-17-29)40(55)45-31-20-18-30(19-21-31)38(53)50-37(27(5)51)43(58)49-36(26(4)7-2)42(57)48-35/h8-21,25-27,32-33,35-37,51H,6-7,22-24H2,1-5H3,(H,44,54)(H,45,55)(H,46,52)(H,47,56)(H,48,57)(H,49,58)(H,50,53)/t25-,26-,27+,32-,33-,35-,36-,37-/m0/s1. The number of carbonyl (C=O) groups excluding carboxylic acids is 7. The quantitative estimate of drug-likeness (QED) is 0.149. The van der Waals surface area contributed by atoms with Crippen molar-refractivity contribution in [2.24, 2.45) is 11.8 Å². The van der Waals surface area contributed by atoms with Gasteiger partial charge < -0.3 is 42.3 Å². The van der Waals surface area contributed by atoms with Gasteiger partial charge in [-0.25, -0.2) is 0 Å². The fraction of sp³-hybridized carbons (Fsp3) is 0.419. The molecule has 2 aliphatic heterocycles. The van der Waals surface area contributed by atoms with E-state index in [0.717, 1.165) is 11.1 Å². The van der Waals surface area contributed by atoms with Crippen LogP contribution >= 0.6 is 0 Å². The molecule has 0 saturated heterocycles. The van der Waals surface area contributed by atoms with E-state index in [2.05, 4.69) is 37.2 Å². The molecule has 310 valence electrons. The van der Waals surface area contributed by atoms with E-state index in [9.17, 15) is 38.7 Å². The zero-order chi connectivity index (χ0) is 42.4. The van der Waals surface area contributed by atoms with Gasteiger partial charge in [-0.15, -0.1) is 0 Å². The van der Waals surface area contributed by atoms with E-state index in [-0.39, 0.29) is 18.4 Å². The molecule has 5 rings (SSSR count). The third-order valence-electron chi connectivity index (χ3n) is 10.3. The van der Waals surface area contributed by atoms with Gasteiger partial charge in [-0.3, -0.25) is 33.6 Å². The van der Waals surface area contributed by atoms with Gasteiger partial charge in [-0.05, 0) is 54.2 Å². The molecule has 7 amide bonds. The fourth-order valence-corrected chi connectivity index (χ4v) is 6.37. The van der Waals surface area contributed by atoms with Crippen molar-refractivity contribution < 1.29 is 38.7 Å². The average Bonchev–Trinajstić information content (AvgIpc) is 3.22. The Labute approximate surface area is 338 Å². The Bertz CT molecular complexity index is 1890. The maximum absolute atomic E-state index is 14.1. The number of benzene rings is 3. The molecular formula is C43H55N7O8. The van der Waals surface area contributed by atoms with E-state index < -0.39 is 96.0 Å². The number of aliphatic hydroxyl groups is 1. The van der Waals surface area contributed by atoms with Crippen molar-refractivity contribution in [2.75, 3.05) is 11.9 Å². The van der Waals surface area contributed by atoms with Crippen molar-refractivity contribution in [2.45, 2.75) is 96.6 Å². The second-order valence-corrected chi connectivity index (χ2v) is 14.8. The maximum Gasteiger partial charge on any atom is 0.252 e. The zero-order valence-electron chi connectivity index (χ0n) is 33.5. The lowest BCUT2D eigenvalue weighted by molar-refractivity contribution is -0.136. The first-order valence-electron chi connectivity index (χ1n) is 19.7. The van der Waals surface area contributed by atoms with E-state index in [1.54, 1.807) is 62.4 Å². The van der Waals surface area contributed by atoms with E-state index in [1.807, 2.05) is 26.0 Å². The van der Waals surface area contributed by atoms with Crippen LogP contribution < -0.4 is 37.2 Å². The van der Waals surface area contributed by atoms with Crippen molar-refractivity contribution in [3.8, 4) is 0 Å². The topological polar surface area (TPSA) is 224 Å². The monoisotopic (exact) mass is 797 g/mol. The van der Waals surface area contributed by atoms with Gasteiger partial charge in [-0.1, -0.05) is 101 Å². The van der Waals surface area contributed by atoms with Crippen LogP contribution in [0.1, 0.15) is 68.9 Å². The summed E-state index contributed by atoms with van der Waals surface area (Å²) in [7, 11) is 0. The van der Waals surface area contributed by atoms with E-state index in [0.29, 0.717) is 18.5 Å². The molecule has 58 heavy (non-hydrogen) atoms. The highest BCUT2D eigenvalue weighted by atomic mass is 16.3. The minimum absolute atomic E-state index is 0.0526. The largest absolute Gasteiger partial charge is 0.391 e. The molecule has 0 saturated carbocycles. The molecule has 2 bridgehead atoms. The predicted molar refractivity (Wildman–Crippen MR) is 218 cm³/mol. The third kappa shape index (κ3) is 12.7. The minimum Gasteiger partial charge on any atom is -0.391 e.